The van der Waals surface area contributed by atoms with Crippen molar-refractivity contribution in [3.63, 3.8) is 0 Å². The van der Waals surface area contributed by atoms with E-state index in [2.05, 4.69) is 21.9 Å². The van der Waals surface area contributed by atoms with Crippen LogP contribution in [0.2, 0.25) is 0 Å². The second-order valence-corrected chi connectivity index (χ2v) is 6.79. The van der Waals surface area contributed by atoms with Crippen molar-refractivity contribution in [2.75, 3.05) is 13.2 Å². The molecule has 6 nitrogen and oxygen atoms in total. The first kappa shape index (κ1) is 19.8. The average molecular weight is 377 g/mol. The van der Waals surface area contributed by atoms with Crippen LogP contribution < -0.4 is 5.48 Å². The zero-order valence-corrected chi connectivity index (χ0v) is 15.5. The number of hydrogen-bond acceptors (Lipinski definition) is 4. The summed E-state index contributed by atoms with van der Waals surface area (Å²) < 4.78 is 0. The minimum Gasteiger partial charge on any atom is -0.395 e. The monoisotopic (exact) mass is 377 g/mol. The van der Waals surface area contributed by atoms with Gasteiger partial charge in [-0.1, -0.05) is 42.5 Å². The zero-order chi connectivity index (χ0) is 19.9. The Morgan fingerprint density at radius 3 is 2.75 bits per heavy atom. The highest BCUT2D eigenvalue weighted by Crippen LogP contribution is 2.37. The molecule has 1 unspecified atom stereocenters. The molecule has 0 aromatic heterocycles. The van der Waals surface area contributed by atoms with E-state index in [1.54, 1.807) is 11.6 Å². The van der Waals surface area contributed by atoms with E-state index in [0.717, 1.165) is 24.0 Å². The normalized spacial score (nSPS) is 15.6. The number of aryl methyl sites for hydroxylation is 1. The lowest BCUT2D eigenvalue weighted by atomic mass is 10.0. The number of carbonyl (C=O) groups is 1. The molecule has 144 valence electrons. The van der Waals surface area contributed by atoms with Gasteiger partial charge in [0.2, 0.25) is 0 Å². The minimum atomic E-state index is -0.559. The highest BCUT2D eigenvalue weighted by molar-refractivity contribution is 5.90. The molecule has 0 fully saturated rings. The van der Waals surface area contributed by atoms with E-state index >= 15 is 0 Å². The van der Waals surface area contributed by atoms with E-state index in [0.29, 0.717) is 18.8 Å². The van der Waals surface area contributed by atoms with Crippen LogP contribution in [0, 0.1) is 6.57 Å². The maximum Gasteiger partial charge on any atom is 0.267 e. The molecule has 2 aromatic rings. The number of carbonyl (C=O) groups excluding carboxylic acids is 1. The summed E-state index contributed by atoms with van der Waals surface area (Å²) in [5.74, 6) is -0.559. The largest absolute Gasteiger partial charge is 0.395 e. The molecule has 1 atom stereocenters. The minimum absolute atomic E-state index is 0.0864. The van der Waals surface area contributed by atoms with Gasteiger partial charge in [0.15, 0.2) is 5.69 Å². The summed E-state index contributed by atoms with van der Waals surface area (Å²) in [6, 6.07) is 13.9. The Morgan fingerprint density at radius 1 is 1.29 bits per heavy atom. The molecule has 0 bridgehead atoms. The number of hydrogen-bond donors (Lipinski definition) is 3. The van der Waals surface area contributed by atoms with Gasteiger partial charge in [-0.3, -0.25) is 14.9 Å². The molecule has 6 heteroatoms. The number of hydroxylamine groups is 1. The van der Waals surface area contributed by atoms with Crippen molar-refractivity contribution in [3.05, 3.63) is 82.2 Å². The second kappa shape index (κ2) is 9.29. The van der Waals surface area contributed by atoms with E-state index in [1.165, 1.54) is 17.2 Å². The van der Waals surface area contributed by atoms with E-state index in [9.17, 15) is 9.90 Å². The maximum atomic E-state index is 11.2. The van der Waals surface area contributed by atoms with Crippen LogP contribution in [0.1, 0.15) is 34.7 Å². The van der Waals surface area contributed by atoms with Crippen molar-refractivity contribution in [2.24, 2.45) is 0 Å². The van der Waals surface area contributed by atoms with E-state index in [1.807, 2.05) is 30.3 Å². The molecule has 0 aliphatic heterocycles. The van der Waals surface area contributed by atoms with Crippen molar-refractivity contribution in [3.8, 4) is 0 Å². The fraction of sp³-hybridized carbons (Fsp3) is 0.273. The van der Waals surface area contributed by atoms with Gasteiger partial charge in [-0.2, -0.15) is 0 Å². The van der Waals surface area contributed by atoms with Crippen LogP contribution in [0.4, 0.5) is 5.69 Å². The number of aliphatic hydroxyl groups is 1. The van der Waals surface area contributed by atoms with Crippen LogP contribution in [0.3, 0.4) is 0 Å². The fourth-order valence-corrected chi connectivity index (χ4v) is 3.69. The Hall–Kier alpha value is -2.98. The third kappa shape index (κ3) is 4.65. The predicted molar refractivity (Wildman–Crippen MR) is 107 cm³/mol. The molecule has 1 aliphatic rings. The Kier molecular flexibility index (Phi) is 6.56. The number of amides is 1. The van der Waals surface area contributed by atoms with Crippen LogP contribution in [0.25, 0.3) is 10.9 Å². The van der Waals surface area contributed by atoms with Gasteiger partial charge in [0.1, 0.15) is 0 Å². The Balaban J connectivity index is 1.77. The molecular weight excluding hydrogens is 354 g/mol. The number of nitrogens with zero attached hydrogens (tertiary/aromatic N) is 2. The fourth-order valence-electron chi connectivity index (χ4n) is 3.69. The van der Waals surface area contributed by atoms with Crippen LogP contribution in [-0.4, -0.2) is 34.3 Å². The van der Waals surface area contributed by atoms with Crippen molar-refractivity contribution in [1.29, 1.82) is 0 Å². The molecule has 1 aliphatic carbocycles. The van der Waals surface area contributed by atoms with Crippen molar-refractivity contribution >= 4 is 17.7 Å². The number of aliphatic hydroxyl groups excluding tert-OH is 1. The molecule has 2 aromatic carbocycles. The van der Waals surface area contributed by atoms with Gasteiger partial charge < -0.3 is 5.11 Å². The van der Waals surface area contributed by atoms with E-state index < -0.39 is 5.91 Å². The first-order chi connectivity index (χ1) is 13.6. The van der Waals surface area contributed by atoms with Crippen LogP contribution in [0.5, 0.6) is 0 Å². The Morgan fingerprint density at radius 2 is 2.07 bits per heavy atom. The van der Waals surface area contributed by atoms with Crippen LogP contribution in [0.15, 0.2) is 48.5 Å². The number of fused-ring (bicyclic) bond motifs is 1. The lowest BCUT2D eigenvalue weighted by Gasteiger charge is -2.29. The summed E-state index contributed by atoms with van der Waals surface area (Å²) >= 11 is 0. The molecule has 3 rings (SSSR count). The van der Waals surface area contributed by atoms with Crippen molar-refractivity contribution in [2.45, 2.75) is 25.4 Å². The molecule has 0 heterocycles. The van der Waals surface area contributed by atoms with Gasteiger partial charge in [0, 0.05) is 25.2 Å². The quantitative estimate of drug-likeness (QED) is 0.300. The van der Waals surface area contributed by atoms with Crippen molar-refractivity contribution in [1.82, 2.24) is 10.4 Å². The molecule has 0 saturated carbocycles. The van der Waals surface area contributed by atoms with Gasteiger partial charge in [-0.25, -0.2) is 10.3 Å². The van der Waals surface area contributed by atoms with Gasteiger partial charge in [0.05, 0.1) is 13.2 Å². The highest BCUT2D eigenvalue weighted by atomic mass is 16.5. The first-order valence-electron chi connectivity index (χ1n) is 9.21. The summed E-state index contributed by atoms with van der Waals surface area (Å²) in [4.78, 5) is 16.8. The molecule has 0 spiro atoms. The number of rotatable bonds is 7. The second-order valence-electron chi connectivity index (χ2n) is 6.79. The summed E-state index contributed by atoms with van der Waals surface area (Å²) in [7, 11) is 0. The SMILES string of the molecule is [C-]#[N+]c1ccc(CN(CCO)C2CCc3cc(/C=C/C(=O)NO)ccc32)cc1. The lowest BCUT2D eigenvalue weighted by Crippen LogP contribution is -2.30. The number of nitrogens with one attached hydrogen (secondary N) is 1. The standard InChI is InChI=1S/C22H23N3O3/c1-23-19-7-2-17(3-8-19)15-25(12-13-26)21-10-6-18-14-16(4-9-20(18)21)5-11-22(27)24-28/h2-5,7-9,11,14,21,26,28H,6,10,12-13,15H2,(H,24,27)/b11-5+. The lowest BCUT2D eigenvalue weighted by molar-refractivity contribution is -0.124. The van der Waals surface area contributed by atoms with E-state index in [-0.39, 0.29) is 12.6 Å². The average Bonchev–Trinajstić information content (AvgIpc) is 3.15. The maximum absolute atomic E-state index is 11.2. The van der Waals surface area contributed by atoms with E-state index in [4.69, 9.17) is 11.8 Å². The van der Waals surface area contributed by atoms with Gasteiger partial charge >= 0.3 is 0 Å². The zero-order valence-electron chi connectivity index (χ0n) is 15.5. The smallest absolute Gasteiger partial charge is 0.267 e. The Bertz CT molecular complexity index is 900. The van der Waals surface area contributed by atoms with Gasteiger partial charge in [0.25, 0.3) is 5.91 Å². The molecule has 3 N–H and O–H groups in total. The third-order valence-electron chi connectivity index (χ3n) is 5.03. The summed E-state index contributed by atoms with van der Waals surface area (Å²) in [5, 5.41) is 18.1. The molecule has 0 radical (unpaired) electrons. The van der Waals surface area contributed by atoms with Crippen LogP contribution in [-0.2, 0) is 17.8 Å². The van der Waals surface area contributed by atoms with Gasteiger partial charge in [-0.15, -0.1) is 0 Å². The molecule has 0 saturated heterocycles. The van der Waals surface area contributed by atoms with Crippen molar-refractivity contribution < 1.29 is 15.1 Å². The number of benzene rings is 2. The van der Waals surface area contributed by atoms with Gasteiger partial charge in [-0.05, 0) is 41.2 Å². The summed E-state index contributed by atoms with van der Waals surface area (Å²) in [5.41, 5.74) is 6.71. The molecular formula is C22H23N3O3. The summed E-state index contributed by atoms with van der Waals surface area (Å²) in [6.07, 6.45) is 4.87. The Labute approximate surface area is 164 Å². The topological polar surface area (TPSA) is 77.2 Å². The predicted octanol–water partition coefficient (Wildman–Crippen LogP) is 3.24. The third-order valence-corrected chi connectivity index (χ3v) is 5.03. The first-order valence-corrected chi connectivity index (χ1v) is 9.21. The summed E-state index contributed by atoms with van der Waals surface area (Å²) in [6.45, 7) is 8.44. The highest BCUT2D eigenvalue weighted by Gasteiger charge is 2.27. The van der Waals surface area contributed by atoms with Crippen LogP contribution >= 0.6 is 0 Å². The molecule has 28 heavy (non-hydrogen) atoms. The molecule has 1 amide bonds.